The van der Waals surface area contributed by atoms with Crippen LogP contribution in [0.15, 0.2) is 35.2 Å². The Balaban J connectivity index is 2.07. The highest BCUT2D eigenvalue weighted by Gasteiger charge is 2.01. The maximum absolute atomic E-state index is 6.03. The van der Waals surface area contributed by atoms with Gasteiger partial charge < -0.3 is 10.3 Å². The number of halogens is 2. The molecule has 2 rings (SSSR count). The average molecular weight is 287 g/mol. The molecule has 0 unspecified atom stereocenters. The number of hydrogen-bond donors (Lipinski definition) is 2. The fourth-order valence-electron chi connectivity index (χ4n) is 1.20. The van der Waals surface area contributed by atoms with E-state index in [0.29, 0.717) is 11.6 Å². The minimum absolute atomic E-state index is 0.677. The second-order valence-electron chi connectivity index (χ2n) is 3.05. The van der Waals surface area contributed by atoms with Gasteiger partial charge in [-0.15, -0.1) is 0 Å². The second-order valence-corrected chi connectivity index (χ2v) is 4.38. The van der Waals surface area contributed by atoms with Crippen molar-refractivity contribution in [3.8, 4) is 0 Å². The molecule has 0 fully saturated rings. The number of benzene rings is 1. The summed E-state index contributed by atoms with van der Waals surface area (Å²) < 4.78 is 0.999. The minimum atomic E-state index is 0.677. The van der Waals surface area contributed by atoms with Gasteiger partial charge in [0.05, 0.1) is 29.3 Å². The maximum atomic E-state index is 6.03. The van der Waals surface area contributed by atoms with E-state index in [1.807, 2.05) is 18.2 Å². The van der Waals surface area contributed by atoms with Crippen LogP contribution in [0.4, 0.5) is 5.69 Å². The molecular weight excluding hydrogens is 277 g/mol. The fraction of sp³-hybridized carbons (Fsp3) is 0.100. The summed E-state index contributed by atoms with van der Waals surface area (Å²) in [5, 5.41) is 3.93. The van der Waals surface area contributed by atoms with Gasteiger partial charge in [0.2, 0.25) is 0 Å². The summed E-state index contributed by atoms with van der Waals surface area (Å²) in [5.41, 5.74) is 1.92. The number of nitrogens with zero attached hydrogens (tertiary/aromatic N) is 1. The van der Waals surface area contributed by atoms with Crippen LogP contribution in [0.25, 0.3) is 0 Å². The van der Waals surface area contributed by atoms with Crippen molar-refractivity contribution in [1.29, 1.82) is 0 Å². The van der Waals surface area contributed by atoms with E-state index in [9.17, 15) is 0 Å². The number of H-pyrrole nitrogens is 1. The van der Waals surface area contributed by atoms with Gasteiger partial charge in [0, 0.05) is 10.7 Å². The SMILES string of the molecule is Clc1ccc(Br)cc1NCc1cnc[nH]1. The van der Waals surface area contributed by atoms with E-state index < -0.39 is 0 Å². The lowest BCUT2D eigenvalue weighted by Crippen LogP contribution is -1.99. The van der Waals surface area contributed by atoms with Crippen LogP contribution in [0.5, 0.6) is 0 Å². The van der Waals surface area contributed by atoms with Crippen LogP contribution >= 0.6 is 27.5 Å². The van der Waals surface area contributed by atoms with E-state index in [0.717, 1.165) is 15.9 Å². The topological polar surface area (TPSA) is 40.7 Å². The lowest BCUT2D eigenvalue weighted by atomic mass is 10.3. The molecule has 1 heterocycles. The summed E-state index contributed by atoms with van der Waals surface area (Å²) >= 11 is 9.42. The van der Waals surface area contributed by atoms with Gasteiger partial charge >= 0.3 is 0 Å². The lowest BCUT2D eigenvalue weighted by molar-refractivity contribution is 1.07. The van der Waals surface area contributed by atoms with E-state index in [2.05, 4.69) is 31.2 Å². The normalized spacial score (nSPS) is 10.3. The highest BCUT2D eigenvalue weighted by atomic mass is 79.9. The van der Waals surface area contributed by atoms with Crippen molar-refractivity contribution in [2.45, 2.75) is 6.54 Å². The van der Waals surface area contributed by atoms with Crippen LogP contribution < -0.4 is 5.32 Å². The number of hydrogen-bond acceptors (Lipinski definition) is 2. The summed E-state index contributed by atoms with van der Waals surface area (Å²) in [7, 11) is 0. The van der Waals surface area contributed by atoms with Crippen molar-refractivity contribution in [2.75, 3.05) is 5.32 Å². The molecule has 1 aromatic carbocycles. The Morgan fingerprint density at radius 1 is 1.47 bits per heavy atom. The molecule has 0 saturated carbocycles. The van der Waals surface area contributed by atoms with Crippen LogP contribution in [0.1, 0.15) is 5.69 Å². The Morgan fingerprint density at radius 2 is 2.33 bits per heavy atom. The fourth-order valence-corrected chi connectivity index (χ4v) is 1.75. The Morgan fingerprint density at radius 3 is 3.07 bits per heavy atom. The zero-order valence-corrected chi connectivity index (χ0v) is 10.1. The third kappa shape index (κ3) is 2.73. The van der Waals surface area contributed by atoms with Gasteiger partial charge in [0.1, 0.15) is 0 Å². The molecule has 78 valence electrons. The molecule has 0 saturated heterocycles. The van der Waals surface area contributed by atoms with Crippen molar-refractivity contribution in [1.82, 2.24) is 9.97 Å². The Bertz CT molecular complexity index is 442. The monoisotopic (exact) mass is 285 g/mol. The summed E-state index contributed by atoms with van der Waals surface area (Å²) in [5.74, 6) is 0. The molecule has 0 aliphatic rings. The quantitative estimate of drug-likeness (QED) is 0.907. The van der Waals surface area contributed by atoms with Crippen LogP contribution in [0.3, 0.4) is 0 Å². The molecule has 0 radical (unpaired) electrons. The Labute approximate surface area is 101 Å². The molecule has 1 aromatic heterocycles. The maximum Gasteiger partial charge on any atom is 0.0922 e. The number of rotatable bonds is 3. The molecule has 2 N–H and O–H groups in total. The molecule has 15 heavy (non-hydrogen) atoms. The second kappa shape index (κ2) is 4.68. The molecule has 3 nitrogen and oxygen atoms in total. The van der Waals surface area contributed by atoms with Crippen molar-refractivity contribution in [2.24, 2.45) is 0 Å². The van der Waals surface area contributed by atoms with Crippen molar-refractivity contribution < 1.29 is 0 Å². The molecular formula is C10H9BrClN3. The molecule has 0 spiro atoms. The number of anilines is 1. The minimum Gasteiger partial charge on any atom is -0.378 e. The lowest BCUT2D eigenvalue weighted by Gasteiger charge is -2.07. The van der Waals surface area contributed by atoms with Crippen LogP contribution in [0.2, 0.25) is 5.02 Å². The van der Waals surface area contributed by atoms with Gasteiger partial charge in [-0.05, 0) is 18.2 Å². The average Bonchev–Trinajstić information content (AvgIpc) is 2.72. The van der Waals surface area contributed by atoms with E-state index in [1.165, 1.54) is 0 Å². The summed E-state index contributed by atoms with van der Waals surface area (Å²) in [4.78, 5) is 6.95. The van der Waals surface area contributed by atoms with Gasteiger partial charge in [-0.2, -0.15) is 0 Å². The Kier molecular flexibility index (Phi) is 3.28. The molecule has 0 bridgehead atoms. The highest BCUT2D eigenvalue weighted by Crippen LogP contribution is 2.25. The van der Waals surface area contributed by atoms with Gasteiger partial charge in [-0.25, -0.2) is 4.98 Å². The third-order valence-electron chi connectivity index (χ3n) is 1.95. The zero-order valence-electron chi connectivity index (χ0n) is 7.80. The highest BCUT2D eigenvalue weighted by molar-refractivity contribution is 9.10. The van der Waals surface area contributed by atoms with Crippen molar-refractivity contribution in [3.05, 3.63) is 45.9 Å². The predicted molar refractivity (Wildman–Crippen MR) is 65.1 cm³/mol. The number of nitrogens with one attached hydrogen (secondary N) is 2. The third-order valence-corrected chi connectivity index (χ3v) is 2.78. The predicted octanol–water partition coefficient (Wildman–Crippen LogP) is 3.44. The van der Waals surface area contributed by atoms with Gasteiger partial charge in [0.25, 0.3) is 0 Å². The first-order chi connectivity index (χ1) is 7.25. The van der Waals surface area contributed by atoms with Crippen LogP contribution in [0, 0.1) is 0 Å². The first-order valence-corrected chi connectivity index (χ1v) is 5.59. The Hall–Kier alpha value is -1.00. The van der Waals surface area contributed by atoms with E-state index in [1.54, 1.807) is 12.5 Å². The first kappa shape index (κ1) is 10.5. The van der Waals surface area contributed by atoms with Crippen LogP contribution in [-0.2, 0) is 6.54 Å². The van der Waals surface area contributed by atoms with Crippen molar-refractivity contribution in [3.63, 3.8) is 0 Å². The standard InChI is InChI=1S/C10H9BrClN3/c11-7-1-2-9(12)10(3-7)14-5-8-4-13-6-15-8/h1-4,6,14H,5H2,(H,13,15). The number of imidazole rings is 1. The summed E-state index contributed by atoms with van der Waals surface area (Å²) in [6.07, 6.45) is 3.43. The molecule has 0 atom stereocenters. The van der Waals surface area contributed by atoms with Gasteiger partial charge in [0.15, 0.2) is 0 Å². The molecule has 0 aliphatic heterocycles. The number of aromatic amines is 1. The summed E-state index contributed by atoms with van der Waals surface area (Å²) in [6.45, 7) is 0.677. The van der Waals surface area contributed by atoms with Crippen LogP contribution in [-0.4, -0.2) is 9.97 Å². The first-order valence-electron chi connectivity index (χ1n) is 4.42. The number of aromatic nitrogens is 2. The largest absolute Gasteiger partial charge is 0.378 e. The molecule has 5 heteroatoms. The zero-order chi connectivity index (χ0) is 10.7. The van der Waals surface area contributed by atoms with Crippen molar-refractivity contribution >= 4 is 33.2 Å². The summed E-state index contributed by atoms with van der Waals surface area (Å²) in [6, 6.07) is 5.70. The molecule has 0 amide bonds. The molecule has 0 aliphatic carbocycles. The van der Waals surface area contributed by atoms with E-state index in [-0.39, 0.29) is 0 Å². The molecule has 2 aromatic rings. The van der Waals surface area contributed by atoms with E-state index in [4.69, 9.17) is 11.6 Å². The smallest absolute Gasteiger partial charge is 0.0922 e. The van der Waals surface area contributed by atoms with Gasteiger partial charge in [-0.3, -0.25) is 0 Å². The van der Waals surface area contributed by atoms with Gasteiger partial charge in [-0.1, -0.05) is 27.5 Å². The van der Waals surface area contributed by atoms with E-state index >= 15 is 0 Å².